The Hall–Kier alpha value is -2.96. The number of rotatable bonds is 9. The molecule has 0 unspecified atom stereocenters. The van der Waals surface area contributed by atoms with Gasteiger partial charge >= 0.3 is 17.5 Å². The summed E-state index contributed by atoms with van der Waals surface area (Å²) in [5, 5.41) is 23.2. The molecule has 1 aromatic carbocycles. The molecule has 1 rings (SSSR count). The van der Waals surface area contributed by atoms with Gasteiger partial charge in [0, 0.05) is 31.8 Å². The van der Waals surface area contributed by atoms with Gasteiger partial charge in [0.25, 0.3) is 10.0 Å². The van der Waals surface area contributed by atoms with Crippen molar-refractivity contribution >= 4 is 33.2 Å². The van der Waals surface area contributed by atoms with Crippen molar-refractivity contribution < 1.29 is 27.8 Å². The molecule has 1 aromatic rings. The summed E-state index contributed by atoms with van der Waals surface area (Å²) >= 11 is 0. The number of hydrogen-bond donors (Lipinski definition) is 0. The average Bonchev–Trinajstić information content (AvgIpc) is 2.64. The van der Waals surface area contributed by atoms with Crippen LogP contribution in [-0.4, -0.2) is 55.4 Å². The van der Waals surface area contributed by atoms with Crippen LogP contribution in [-0.2, 0) is 14.8 Å². The highest BCUT2D eigenvalue weighted by Gasteiger charge is 2.36. The smallest absolute Gasteiger partial charge is 0.423 e. The Morgan fingerprint density at radius 3 is 1.89 bits per heavy atom. The van der Waals surface area contributed by atoms with Crippen LogP contribution in [0.2, 0.25) is 0 Å². The minimum Gasteiger partial charge on any atom is -0.452 e. The number of carbonyl (C=O) groups excluding carboxylic acids is 1. The van der Waals surface area contributed by atoms with E-state index >= 15 is 0 Å². The van der Waals surface area contributed by atoms with Crippen molar-refractivity contribution in [1.29, 1.82) is 0 Å². The van der Waals surface area contributed by atoms with Gasteiger partial charge in [-0.3, -0.25) is 20.2 Å². The van der Waals surface area contributed by atoms with Gasteiger partial charge in [-0.1, -0.05) is 6.92 Å². The van der Waals surface area contributed by atoms with E-state index in [1.807, 2.05) is 0 Å². The maximum absolute atomic E-state index is 12.8. The molecule has 0 aliphatic carbocycles. The largest absolute Gasteiger partial charge is 0.452 e. The van der Waals surface area contributed by atoms with E-state index in [1.54, 1.807) is 13.8 Å². The fraction of sp³-hybridized carbons (Fsp3) is 0.533. The quantitative estimate of drug-likeness (QED) is 0.434. The van der Waals surface area contributed by atoms with Crippen LogP contribution >= 0.6 is 0 Å². The lowest BCUT2D eigenvalue weighted by molar-refractivity contribution is -0.393. The predicted octanol–water partition coefficient (Wildman–Crippen LogP) is 2.52. The molecule has 0 heterocycles. The Bertz CT molecular complexity index is 836. The molecule has 0 saturated carbocycles. The second-order valence-corrected chi connectivity index (χ2v) is 7.41. The molecule has 12 nitrogen and oxygen atoms in total. The molecule has 0 spiro atoms. The molecular weight excluding hydrogens is 396 g/mol. The fourth-order valence-electron chi connectivity index (χ4n) is 2.65. The van der Waals surface area contributed by atoms with Crippen LogP contribution in [0.4, 0.5) is 21.9 Å². The van der Waals surface area contributed by atoms with Gasteiger partial charge in [-0.15, -0.1) is 0 Å². The summed E-state index contributed by atoms with van der Waals surface area (Å²) in [6.07, 6.45) is -0.646. The van der Waals surface area contributed by atoms with Crippen LogP contribution in [0.3, 0.4) is 0 Å². The molecule has 28 heavy (non-hydrogen) atoms. The molecule has 0 aliphatic rings. The van der Waals surface area contributed by atoms with E-state index in [9.17, 15) is 33.4 Å². The lowest BCUT2D eigenvalue weighted by Gasteiger charge is -2.23. The van der Waals surface area contributed by atoms with Crippen LogP contribution in [0.5, 0.6) is 0 Å². The number of nitro benzene ring substituents is 2. The first-order chi connectivity index (χ1) is 13.1. The van der Waals surface area contributed by atoms with Crippen LogP contribution in [0.1, 0.15) is 27.2 Å². The number of nitrogens with zero attached hydrogens (tertiary/aromatic N) is 4. The topological polar surface area (TPSA) is 153 Å². The second kappa shape index (κ2) is 9.30. The van der Waals surface area contributed by atoms with E-state index in [4.69, 9.17) is 0 Å². The summed E-state index contributed by atoms with van der Waals surface area (Å²) < 4.78 is 30.3. The zero-order valence-electron chi connectivity index (χ0n) is 15.9. The molecule has 0 bridgehead atoms. The van der Waals surface area contributed by atoms with E-state index in [1.165, 1.54) is 11.8 Å². The third-order valence-corrected chi connectivity index (χ3v) is 5.70. The lowest BCUT2D eigenvalue weighted by Crippen LogP contribution is -2.36. The van der Waals surface area contributed by atoms with E-state index < -0.39 is 42.2 Å². The van der Waals surface area contributed by atoms with E-state index in [-0.39, 0.29) is 18.8 Å². The summed E-state index contributed by atoms with van der Waals surface area (Å²) in [6, 6.07) is 1.45. The molecule has 0 N–H and O–H groups in total. The Labute approximate surface area is 162 Å². The molecule has 1 amide bonds. The van der Waals surface area contributed by atoms with Crippen molar-refractivity contribution in [2.45, 2.75) is 32.1 Å². The molecule has 0 aromatic heterocycles. The van der Waals surface area contributed by atoms with Gasteiger partial charge in [0.15, 0.2) is 5.69 Å². The highest BCUT2D eigenvalue weighted by Crippen LogP contribution is 2.40. The summed E-state index contributed by atoms with van der Waals surface area (Å²) in [7, 11) is -3.63. The third-order valence-electron chi connectivity index (χ3n) is 3.88. The second-order valence-electron chi connectivity index (χ2n) is 5.54. The number of amides is 1. The Kier molecular flexibility index (Phi) is 7.67. The standard InChI is InChI=1S/C15H22N4O8S/c1-5-8-16(6-2)14-12(18(21)22)9-11(10-13(14)19(23)24)28(25,26)17(7-3)15(20)27-4/h9-10H,5-8H2,1-4H3. The number of hydrogen-bond acceptors (Lipinski definition) is 9. The lowest BCUT2D eigenvalue weighted by atomic mass is 10.2. The van der Waals surface area contributed by atoms with Gasteiger partial charge in [0.05, 0.1) is 17.0 Å². The van der Waals surface area contributed by atoms with Crippen molar-refractivity contribution in [1.82, 2.24) is 4.31 Å². The molecule has 0 aliphatic heterocycles. The first kappa shape index (κ1) is 23.1. The molecule has 156 valence electrons. The summed E-state index contributed by atoms with van der Waals surface area (Å²) in [5.74, 6) is 0. The van der Waals surface area contributed by atoms with Crippen molar-refractivity contribution in [3.05, 3.63) is 32.4 Å². The Morgan fingerprint density at radius 1 is 1.07 bits per heavy atom. The predicted molar refractivity (Wildman–Crippen MR) is 99.9 cm³/mol. The Balaban J connectivity index is 3.85. The molecule has 0 fully saturated rings. The number of anilines is 1. The van der Waals surface area contributed by atoms with E-state index in [2.05, 4.69) is 4.74 Å². The molecule has 0 saturated heterocycles. The maximum atomic E-state index is 12.8. The number of methoxy groups -OCH3 is 1. The van der Waals surface area contributed by atoms with Crippen LogP contribution in [0, 0.1) is 20.2 Å². The molecule has 0 radical (unpaired) electrons. The minimum atomic E-state index is -4.60. The van der Waals surface area contributed by atoms with E-state index in [0.29, 0.717) is 17.3 Å². The van der Waals surface area contributed by atoms with Gasteiger partial charge in [0.2, 0.25) is 0 Å². The molecule has 13 heteroatoms. The van der Waals surface area contributed by atoms with Crippen molar-refractivity contribution in [2.75, 3.05) is 31.6 Å². The van der Waals surface area contributed by atoms with E-state index in [0.717, 1.165) is 19.2 Å². The van der Waals surface area contributed by atoms with Crippen LogP contribution in [0.25, 0.3) is 0 Å². The summed E-state index contributed by atoms with van der Waals surface area (Å²) in [5.41, 5.74) is -1.74. The minimum absolute atomic E-state index is 0.241. The van der Waals surface area contributed by atoms with Crippen LogP contribution < -0.4 is 4.90 Å². The summed E-state index contributed by atoms with van der Waals surface area (Å²) in [4.78, 5) is 33.9. The summed E-state index contributed by atoms with van der Waals surface area (Å²) in [6.45, 7) is 5.04. The zero-order chi connectivity index (χ0) is 21.6. The number of benzene rings is 1. The molecule has 0 atom stereocenters. The monoisotopic (exact) mass is 418 g/mol. The third kappa shape index (κ3) is 4.47. The first-order valence-electron chi connectivity index (χ1n) is 8.39. The SMILES string of the molecule is CCCN(CC)c1c([N+](=O)[O-])cc(S(=O)(=O)N(CC)C(=O)OC)cc1[N+](=O)[O-]. The van der Waals surface area contributed by atoms with Crippen molar-refractivity contribution in [2.24, 2.45) is 0 Å². The highest BCUT2D eigenvalue weighted by atomic mass is 32.2. The zero-order valence-corrected chi connectivity index (χ0v) is 16.8. The number of nitro groups is 2. The van der Waals surface area contributed by atoms with Gasteiger partial charge in [-0.2, -0.15) is 0 Å². The first-order valence-corrected chi connectivity index (χ1v) is 9.83. The van der Waals surface area contributed by atoms with Crippen molar-refractivity contribution in [3.8, 4) is 0 Å². The number of carbonyl (C=O) groups is 1. The number of ether oxygens (including phenoxy) is 1. The van der Waals surface area contributed by atoms with Crippen LogP contribution in [0.15, 0.2) is 17.0 Å². The average molecular weight is 418 g/mol. The normalized spacial score (nSPS) is 11.0. The molecular formula is C15H22N4O8S. The van der Waals surface area contributed by atoms with Gasteiger partial charge in [-0.25, -0.2) is 17.5 Å². The number of sulfonamides is 1. The fourth-order valence-corrected chi connectivity index (χ4v) is 4.04. The van der Waals surface area contributed by atoms with Gasteiger partial charge < -0.3 is 9.64 Å². The van der Waals surface area contributed by atoms with Gasteiger partial charge in [-0.05, 0) is 20.3 Å². The van der Waals surface area contributed by atoms with Gasteiger partial charge in [0.1, 0.15) is 4.90 Å². The maximum Gasteiger partial charge on any atom is 0.423 e. The highest BCUT2D eigenvalue weighted by molar-refractivity contribution is 7.89. The Morgan fingerprint density at radius 2 is 1.57 bits per heavy atom. The van der Waals surface area contributed by atoms with Crippen molar-refractivity contribution in [3.63, 3.8) is 0 Å².